The molecule has 0 spiro atoms. The molecule has 3 nitrogen and oxygen atoms in total. The topological polar surface area (TPSA) is 49.3 Å². The zero-order valence-electron chi connectivity index (χ0n) is 6.53. The van der Waals surface area contributed by atoms with Crippen LogP contribution in [0.25, 0.3) is 0 Å². The maximum Gasteiger partial charge on any atom is 1.00 e. The van der Waals surface area contributed by atoms with E-state index in [-0.39, 0.29) is 22.4 Å². The van der Waals surface area contributed by atoms with E-state index in [1.54, 1.807) is 24.3 Å². The molecule has 0 bridgehead atoms. The third kappa shape index (κ3) is 4.50. The van der Waals surface area contributed by atoms with Crippen molar-refractivity contribution in [1.82, 2.24) is 0 Å². The van der Waals surface area contributed by atoms with Gasteiger partial charge < -0.3 is 23.1 Å². The first kappa shape index (κ1) is 12.7. The molecule has 1 unspecified atom stereocenters. The van der Waals surface area contributed by atoms with E-state index in [1.165, 1.54) is 0 Å². The molecule has 1 atom stereocenters. The van der Waals surface area contributed by atoms with Gasteiger partial charge in [-0.1, -0.05) is 18.2 Å². The number of anilines is 1. The van der Waals surface area contributed by atoms with Crippen LogP contribution >= 0.6 is 0 Å². The summed E-state index contributed by atoms with van der Waals surface area (Å²) >= 11 is 4.34. The number of benzene rings is 1. The number of amides is 1. The van der Waals surface area contributed by atoms with E-state index in [1.807, 2.05) is 6.07 Å². The van der Waals surface area contributed by atoms with Gasteiger partial charge in [-0.25, -0.2) is 0 Å². The van der Waals surface area contributed by atoms with Crippen LogP contribution in [0.5, 0.6) is 0 Å². The molecule has 1 amide bonds. The van der Waals surface area contributed by atoms with E-state index in [0.29, 0.717) is 5.69 Å². The van der Waals surface area contributed by atoms with Gasteiger partial charge in [0.1, 0.15) is 0 Å². The third-order valence-corrected chi connectivity index (χ3v) is 1.48. The number of hydrogen-bond donors (Lipinski definition) is 2. The number of aliphatic hydroxyl groups is 1. The normalized spacial score (nSPS) is 11.2. The minimum Gasteiger partial charge on any atom is -0.752 e. The summed E-state index contributed by atoms with van der Waals surface area (Å²) in [4.78, 5) is 10.8. The minimum atomic E-state index is -1.38. The van der Waals surface area contributed by atoms with Gasteiger partial charge in [-0.2, -0.15) is 0 Å². The molecule has 0 fully saturated rings. The number of carbonyl (C=O) groups is 1. The van der Waals surface area contributed by atoms with Crippen LogP contribution in [0.2, 0.25) is 0 Å². The molecule has 13 heavy (non-hydrogen) atoms. The van der Waals surface area contributed by atoms with E-state index in [0.717, 1.165) is 0 Å². The van der Waals surface area contributed by atoms with Crippen LogP contribution in [0.3, 0.4) is 0 Å². The van der Waals surface area contributed by atoms with Gasteiger partial charge in [-0.15, -0.1) is 0 Å². The average Bonchev–Trinajstić information content (AvgIpc) is 2.06. The van der Waals surface area contributed by atoms with Gasteiger partial charge in [0.2, 0.25) is 5.91 Å². The van der Waals surface area contributed by atoms with Crippen molar-refractivity contribution in [1.29, 1.82) is 0 Å². The second-order valence-electron chi connectivity index (χ2n) is 2.21. The zero-order chi connectivity index (χ0) is 8.97. The van der Waals surface area contributed by atoms with Crippen molar-refractivity contribution >= 4 is 24.2 Å². The quantitative estimate of drug-likeness (QED) is 0.581. The molecule has 74 valence electrons. The largest absolute Gasteiger partial charge is 1.00 e. The molecule has 0 aromatic heterocycles. The van der Waals surface area contributed by atoms with E-state index >= 15 is 0 Å². The van der Waals surface area contributed by atoms with Crippen LogP contribution in [-0.4, -0.2) is 16.4 Å². The Balaban J connectivity index is 0.00000144. The van der Waals surface area contributed by atoms with Crippen LogP contribution < -0.4 is 5.32 Å². The van der Waals surface area contributed by atoms with Crippen molar-refractivity contribution in [2.24, 2.45) is 0 Å². The first-order valence-corrected chi connectivity index (χ1v) is 3.87. The Bertz CT molecular complexity index is 266. The summed E-state index contributed by atoms with van der Waals surface area (Å²) < 4.78 is 0. The fourth-order valence-corrected chi connectivity index (χ4v) is 0.784. The molecule has 0 radical (unpaired) electrons. The number of aliphatic hydroxyl groups excluding tert-OH is 1. The molecular formula is C8H8AuNO2S. The van der Waals surface area contributed by atoms with Gasteiger partial charge >= 0.3 is 22.4 Å². The molecular weight excluding hydrogens is 371 g/mol. The second-order valence-corrected chi connectivity index (χ2v) is 2.65. The molecule has 0 saturated heterocycles. The van der Waals surface area contributed by atoms with Crippen LogP contribution in [-0.2, 0) is 39.8 Å². The fourth-order valence-electron chi connectivity index (χ4n) is 0.725. The number of rotatable bonds is 2. The van der Waals surface area contributed by atoms with Crippen LogP contribution in [0.4, 0.5) is 5.69 Å². The predicted octanol–water partition coefficient (Wildman–Crippen LogP) is 0.488. The summed E-state index contributed by atoms with van der Waals surface area (Å²) in [6.45, 7) is 0. The van der Waals surface area contributed by atoms with Crippen LogP contribution in [0.15, 0.2) is 30.3 Å². The van der Waals surface area contributed by atoms with E-state index in [2.05, 4.69) is 17.9 Å². The van der Waals surface area contributed by atoms with Gasteiger partial charge in [-0.3, -0.25) is 4.79 Å². The molecule has 5 heteroatoms. The molecule has 0 aliphatic carbocycles. The molecule has 1 rings (SSSR count). The van der Waals surface area contributed by atoms with Crippen molar-refractivity contribution in [3.63, 3.8) is 0 Å². The first-order chi connectivity index (χ1) is 5.70. The Morgan fingerprint density at radius 3 is 2.38 bits per heavy atom. The Kier molecular flexibility index (Phi) is 6.11. The summed E-state index contributed by atoms with van der Waals surface area (Å²) in [7, 11) is 0. The average molecular weight is 379 g/mol. The summed E-state index contributed by atoms with van der Waals surface area (Å²) in [5.41, 5.74) is -0.753. The molecule has 1 aromatic carbocycles. The van der Waals surface area contributed by atoms with Gasteiger partial charge in [0.15, 0.2) is 0 Å². The molecule has 2 N–H and O–H groups in total. The smallest absolute Gasteiger partial charge is 0.752 e. The van der Waals surface area contributed by atoms with Crippen molar-refractivity contribution in [2.75, 3.05) is 5.32 Å². The Morgan fingerprint density at radius 2 is 1.92 bits per heavy atom. The minimum absolute atomic E-state index is 0. The summed E-state index contributed by atoms with van der Waals surface area (Å²) in [6, 6.07) is 8.84. The summed E-state index contributed by atoms with van der Waals surface area (Å²) in [5.74, 6) is -0.573. The van der Waals surface area contributed by atoms with E-state index in [4.69, 9.17) is 5.11 Å². The zero-order valence-corrected chi connectivity index (χ0v) is 9.51. The molecule has 1 aromatic rings. The number of para-hydroxylation sites is 1. The standard InChI is InChI=1S/C8H9NO2S.Au/c10-7(8(11)12)9-6-4-2-1-3-5-6;/h1-5,8,11-12H,(H,9,10);/q;+1/p-1. The first-order valence-electron chi connectivity index (χ1n) is 3.40. The van der Waals surface area contributed by atoms with Crippen molar-refractivity contribution in [3.05, 3.63) is 30.3 Å². The van der Waals surface area contributed by atoms with Crippen LogP contribution in [0, 0.1) is 0 Å². The monoisotopic (exact) mass is 379 g/mol. The maximum absolute atomic E-state index is 10.8. The predicted molar refractivity (Wildman–Crippen MR) is 48.4 cm³/mol. The van der Waals surface area contributed by atoms with Crippen LogP contribution in [0.1, 0.15) is 0 Å². The van der Waals surface area contributed by atoms with Gasteiger partial charge in [0.25, 0.3) is 0 Å². The summed E-state index contributed by atoms with van der Waals surface area (Å²) in [5, 5.41) is 11.1. The SMILES string of the molecule is O=C(Nc1ccccc1)C(O)[S-].[Au+]. The van der Waals surface area contributed by atoms with E-state index < -0.39 is 11.3 Å². The fraction of sp³-hybridized carbons (Fsp3) is 0.125. The second kappa shape index (κ2) is 6.23. The maximum atomic E-state index is 10.8. The van der Waals surface area contributed by atoms with E-state index in [9.17, 15) is 4.79 Å². The van der Waals surface area contributed by atoms with Gasteiger partial charge in [0.05, 0.1) is 0 Å². The van der Waals surface area contributed by atoms with Crippen molar-refractivity contribution in [3.8, 4) is 0 Å². The molecule has 0 saturated carbocycles. The third-order valence-electron chi connectivity index (χ3n) is 1.27. The van der Waals surface area contributed by atoms with Gasteiger partial charge in [-0.05, 0) is 12.1 Å². The Hall–Kier alpha value is -0.260. The molecule has 0 heterocycles. The summed E-state index contributed by atoms with van der Waals surface area (Å²) in [6.07, 6.45) is 0. The molecule has 0 aliphatic rings. The van der Waals surface area contributed by atoms with Crippen molar-refractivity contribution in [2.45, 2.75) is 5.44 Å². The number of carbonyl (C=O) groups excluding carboxylic acids is 1. The molecule has 0 aliphatic heterocycles. The number of nitrogens with one attached hydrogen (secondary N) is 1. The number of hydrogen-bond acceptors (Lipinski definition) is 3. The van der Waals surface area contributed by atoms with Crippen molar-refractivity contribution < 1.29 is 32.3 Å². The Morgan fingerprint density at radius 1 is 1.38 bits per heavy atom. The van der Waals surface area contributed by atoms with Gasteiger partial charge in [0, 0.05) is 11.1 Å². The Labute approximate surface area is 97.5 Å².